The third-order valence-electron chi connectivity index (χ3n) is 3.62. The van der Waals surface area contributed by atoms with E-state index in [2.05, 4.69) is 39.5 Å². The van der Waals surface area contributed by atoms with Crippen LogP contribution in [0.1, 0.15) is 0 Å². The number of hydrogen-bond donors (Lipinski definition) is 0. The van der Waals surface area contributed by atoms with E-state index in [1.165, 1.54) is 0 Å². The van der Waals surface area contributed by atoms with Crippen LogP contribution in [-0.4, -0.2) is 16.5 Å². The summed E-state index contributed by atoms with van der Waals surface area (Å²) in [6.07, 6.45) is 12.1. The zero-order chi connectivity index (χ0) is 16.2. The Morgan fingerprint density at radius 2 is 0.682 bits per heavy atom. The SMILES string of the molecule is C=CC[Si](CC=C)(CC=C)[N-][Si](CC=C)(CC=C)CC=C.[Li+]. The first-order valence-electron chi connectivity index (χ1n) is 7.47. The Balaban J connectivity index is 0. The molecule has 0 aliphatic carbocycles. The molecule has 0 fully saturated rings. The van der Waals surface area contributed by atoms with E-state index < -0.39 is 16.5 Å². The second-order valence-electron chi connectivity index (χ2n) is 5.52. The summed E-state index contributed by atoms with van der Waals surface area (Å²) in [5.41, 5.74) is 0. The van der Waals surface area contributed by atoms with E-state index in [-0.39, 0.29) is 18.9 Å². The Morgan fingerprint density at radius 1 is 0.500 bits per heavy atom. The van der Waals surface area contributed by atoms with Gasteiger partial charge in [0.05, 0.1) is 0 Å². The molecular weight excluding hydrogens is 293 g/mol. The van der Waals surface area contributed by atoms with Crippen LogP contribution in [0, 0.1) is 0 Å². The molecule has 0 atom stereocenters. The first-order valence-corrected chi connectivity index (χ1v) is 12.6. The molecular formula is C18H30LiNSi2. The predicted octanol–water partition coefficient (Wildman–Crippen LogP) is 3.37. The van der Waals surface area contributed by atoms with Crippen LogP contribution in [0.3, 0.4) is 0 Å². The average molecular weight is 324 g/mol. The van der Waals surface area contributed by atoms with Gasteiger partial charge in [-0.1, -0.05) is 72.7 Å². The van der Waals surface area contributed by atoms with Crippen molar-refractivity contribution in [1.29, 1.82) is 0 Å². The van der Waals surface area contributed by atoms with Gasteiger partial charge < -0.3 is 4.65 Å². The minimum Gasteiger partial charge on any atom is -0.665 e. The second-order valence-corrected chi connectivity index (χ2v) is 13.8. The van der Waals surface area contributed by atoms with Crippen LogP contribution >= 0.6 is 0 Å². The van der Waals surface area contributed by atoms with Crippen molar-refractivity contribution in [2.75, 3.05) is 0 Å². The van der Waals surface area contributed by atoms with Crippen LogP contribution in [0.4, 0.5) is 0 Å². The summed E-state index contributed by atoms with van der Waals surface area (Å²) in [6.45, 7) is 23.6. The third-order valence-corrected chi connectivity index (χ3v) is 13.7. The van der Waals surface area contributed by atoms with Gasteiger partial charge in [-0.3, -0.25) is 0 Å². The molecule has 22 heavy (non-hydrogen) atoms. The molecule has 0 radical (unpaired) electrons. The Morgan fingerprint density at radius 3 is 0.818 bits per heavy atom. The Hall–Kier alpha value is -0.569. The molecule has 0 aromatic carbocycles. The van der Waals surface area contributed by atoms with Gasteiger partial charge in [0, 0.05) is 0 Å². The van der Waals surface area contributed by atoms with E-state index in [0.717, 1.165) is 36.3 Å². The maximum atomic E-state index is 5.53. The molecule has 0 aromatic heterocycles. The van der Waals surface area contributed by atoms with E-state index in [1.807, 2.05) is 36.5 Å². The fourth-order valence-corrected chi connectivity index (χ4v) is 13.3. The number of rotatable bonds is 14. The van der Waals surface area contributed by atoms with Crippen molar-refractivity contribution in [2.45, 2.75) is 36.3 Å². The van der Waals surface area contributed by atoms with Crippen LogP contribution in [0.5, 0.6) is 0 Å². The molecule has 0 aliphatic heterocycles. The van der Waals surface area contributed by atoms with Crippen molar-refractivity contribution < 1.29 is 18.9 Å². The van der Waals surface area contributed by atoms with Crippen LogP contribution in [0.2, 0.25) is 36.3 Å². The molecule has 0 aliphatic rings. The number of nitrogens with zero attached hydrogens (tertiary/aromatic N) is 1. The van der Waals surface area contributed by atoms with E-state index >= 15 is 0 Å². The number of allylic oxidation sites excluding steroid dienone is 6. The van der Waals surface area contributed by atoms with Gasteiger partial charge in [-0.2, -0.15) is 0 Å². The molecule has 0 spiro atoms. The van der Waals surface area contributed by atoms with Gasteiger partial charge in [-0.25, -0.2) is 0 Å². The third kappa shape index (κ3) is 7.62. The summed E-state index contributed by atoms with van der Waals surface area (Å²) >= 11 is 0. The second kappa shape index (κ2) is 12.9. The maximum Gasteiger partial charge on any atom is 1.00 e. The van der Waals surface area contributed by atoms with Crippen molar-refractivity contribution in [1.82, 2.24) is 0 Å². The van der Waals surface area contributed by atoms with Gasteiger partial charge in [0.1, 0.15) is 0 Å². The Kier molecular flexibility index (Phi) is 13.9. The Labute approximate surface area is 152 Å². The normalized spacial score (nSPS) is 10.9. The van der Waals surface area contributed by atoms with E-state index in [0.29, 0.717) is 0 Å². The summed E-state index contributed by atoms with van der Waals surface area (Å²) in [7, 11) is -3.71. The zero-order valence-corrected chi connectivity index (χ0v) is 16.4. The molecule has 116 valence electrons. The molecule has 0 heterocycles. The maximum absolute atomic E-state index is 5.53. The first-order chi connectivity index (χ1) is 10.1. The topological polar surface area (TPSA) is 14.1 Å². The summed E-state index contributed by atoms with van der Waals surface area (Å²) in [4.78, 5) is 0. The molecule has 0 saturated heterocycles. The fourth-order valence-electron chi connectivity index (χ4n) is 2.89. The first kappa shape index (κ1) is 23.7. The quantitative estimate of drug-likeness (QED) is 0.344. The smallest absolute Gasteiger partial charge is 0.665 e. The van der Waals surface area contributed by atoms with Crippen LogP contribution in [0.15, 0.2) is 75.9 Å². The predicted molar refractivity (Wildman–Crippen MR) is 105 cm³/mol. The van der Waals surface area contributed by atoms with Crippen LogP contribution in [-0.2, 0) is 0 Å². The minimum absolute atomic E-state index is 0. The van der Waals surface area contributed by atoms with Crippen molar-refractivity contribution in [3.63, 3.8) is 0 Å². The van der Waals surface area contributed by atoms with Crippen LogP contribution in [0.25, 0.3) is 4.65 Å². The van der Waals surface area contributed by atoms with E-state index in [1.54, 1.807) is 0 Å². The molecule has 0 unspecified atom stereocenters. The monoisotopic (exact) mass is 323 g/mol. The van der Waals surface area contributed by atoms with Crippen molar-refractivity contribution in [3.8, 4) is 0 Å². The molecule has 0 rings (SSSR count). The molecule has 0 amide bonds. The van der Waals surface area contributed by atoms with Gasteiger partial charge in [0.15, 0.2) is 0 Å². The molecule has 4 heteroatoms. The summed E-state index contributed by atoms with van der Waals surface area (Å²) in [5.74, 6) is 0. The zero-order valence-electron chi connectivity index (χ0n) is 14.4. The summed E-state index contributed by atoms with van der Waals surface area (Å²) < 4.78 is 5.53. The van der Waals surface area contributed by atoms with E-state index in [4.69, 9.17) is 4.65 Å². The van der Waals surface area contributed by atoms with Crippen molar-refractivity contribution >= 4 is 16.5 Å². The van der Waals surface area contributed by atoms with E-state index in [9.17, 15) is 0 Å². The molecule has 0 aromatic rings. The van der Waals surface area contributed by atoms with Gasteiger partial charge >= 0.3 is 18.9 Å². The largest absolute Gasteiger partial charge is 1.00 e. The fraction of sp³-hybridized carbons (Fsp3) is 0.333. The molecule has 0 bridgehead atoms. The van der Waals surface area contributed by atoms with Gasteiger partial charge in [0.25, 0.3) is 0 Å². The van der Waals surface area contributed by atoms with Crippen molar-refractivity contribution in [2.24, 2.45) is 0 Å². The molecule has 0 N–H and O–H groups in total. The summed E-state index contributed by atoms with van der Waals surface area (Å²) in [6, 6.07) is 5.86. The summed E-state index contributed by atoms with van der Waals surface area (Å²) in [5, 5.41) is 0. The minimum atomic E-state index is -1.85. The van der Waals surface area contributed by atoms with Crippen molar-refractivity contribution in [3.05, 3.63) is 80.6 Å². The van der Waals surface area contributed by atoms with Gasteiger partial charge in [-0.05, 0) is 16.5 Å². The number of hydrogen-bond acceptors (Lipinski definition) is 0. The average Bonchev–Trinajstić information content (AvgIpc) is 2.40. The molecule has 0 saturated carbocycles. The van der Waals surface area contributed by atoms with Gasteiger partial charge in [0.2, 0.25) is 0 Å². The molecule has 1 nitrogen and oxygen atoms in total. The van der Waals surface area contributed by atoms with Crippen LogP contribution < -0.4 is 18.9 Å². The standard InChI is InChI=1S/C18H30NSi2.Li/c1-7-13-20(14-8-2,15-9-3)19-21(16-10-4,17-11-5)18-12-6;/h7-12H,1-6,13-18H2;/q-1;+1. The Bertz CT molecular complexity index is 301. The van der Waals surface area contributed by atoms with Gasteiger partial charge in [-0.15, -0.1) is 39.5 Å².